The fourth-order valence-corrected chi connectivity index (χ4v) is 3.74. The largest absolute Gasteiger partial charge is 0.370 e. The van der Waals surface area contributed by atoms with Crippen molar-refractivity contribution in [3.63, 3.8) is 0 Å². The lowest BCUT2D eigenvalue weighted by atomic mass is 9.93. The number of guanidine groups is 1. The van der Waals surface area contributed by atoms with Crippen molar-refractivity contribution < 1.29 is 4.79 Å². The number of aryl methyl sites for hydroxylation is 1. The minimum absolute atomic E-state index is 0.0102. The zero-order chi connectivity index (χ0) is 18.4. The van der Waals surface area contributed by atoms with Crippen LogP contribution in [0.25, 0.3) is 0 Å². The Kier molecular flexibility index (Phi) is 4.51. The maximum absolute atomic E-state index is 12.7. The van der Waals surface area contributed by atoms with Gasteiger partial charge in [-0.1, -0.05) is 0 Å². The van der Waals surface area contributed by atoms with Crippen molar-refractivity contribution in [3.8, 4) is 0 Å². The van der Waals surface area contributed by atoms with Gasteiger partial charge in [0.05, 0.1) is 12.2 Å². The Morgan fingerprint density at radius 3 is 2.64 bits per heavy atom. The van der Waals surface area contributed by atoms with E-state index in [0.29, 0.717) is 25.0 Å². The molecule has 0 radical (unpaired) electrons. The number of nitrogens with two attached hydrogens (primary N) is 1. The van der Waals surface area contributed by atoms with Crippen LogP contribution in [0.3, 0.4) is 0 Å². The Labute approximate surface area is 149 Å². The highest BCUT2D eigenvalue weighted by Gasteiger charge is 2.45. The third-order valence-corrected chi connectivity index (χ3v) is 5.16. The molecule has 25 heavy (non-hydrogen) atoms. The van der Waals surface area contributed by atoms with Crippen LogP contribution >= 0.6 is 0 Å². The SMILES string of the molecule is CN(C(N)=NC[C@@H]1CC(=O)N(C(C)(C)C)[C@H]1c1cnn(C)c1)C1CC1. The van der Waals surface area contributed by atoms with E-state index >= 15 is 0 Å². The maximum Gasteiger partial charge on any atom is 0.223 e. The number of hydrogen-bond donors (Lipinski definition) is 1. The lowest BCUT2D eigenvalue weighted by Crippen LogP contribution is -2.44. The summed E-state index contributed by atoms with van der Waals surface area (Å²) in [5.74, 6) is 0.867. The van der Waals surface area contributed by atoms with Crippen molar-refractivity contribution in [1.82, 2.24) is 19.6 Å². The molecule has 1 aliphatic carbocycles. The van der Waals surface area contributed by atoms with Gasteiger partial charge >= 0.3 is 0 Å². The number of amides is 1. The molecule has 2 fully saturated rings. The highest BCUT2D eigenvalue weighted by atomic mass is 16.2. The number of carbonyl (C=O) groups is 1. The summed E-state index contributed by atoms with van der Waals surface area (Å²) < 4.78 is 1.79. The van der Waals surface area contributed by atoms with Crippen LogP contribution in [-0.2, 0) is 11.8 Å². The van der Waals surface area contributed by atoms with E-state index in [-0.39, 0.29) is 23.4 Å². The summed E-state index contributed by atoms with van der Waals surface area (Å²) >= 11 is 0. The fraction of sp³-hybridized carbons (Fsp3) is 0.722. The molecule has 2 N–H and O–H groups in total. The summed E-state index contributed by atoms with van der Waals surface area (Å²) in [6.45, 7) is 6.79. The first-order chi connectivity index (χ1) is 11.7. The van der Waals surface area contributed by atoms with Crippen LogP contribution in [0.5, 0.6) is 0 Å². The summed E-state index contributed by atoms with van der Waals surface area (Å²) in [5, 5.41) is 4.30. The molecular formula is C18H30N6O. The Hall–Kier alpha value is -2.05. The minimum atomic E-state index is -0.244. The number of aliphatic imine (C=N–C) groups is 1. The van der Waals surface area contributed by atoms with Crippen molar-refractivity contribution in [2.75, 3.05) is 13.6 Å². The maximum atomic E-state index is 12.7. The molecule has 0 aromatic carbocycles. The first kappa shape index (κ1) is 17.8. The molecule has 3 rings (SSSR count). The van der Waals surface area contributed by atoms with Gasteiger partial charge in [-0.15, -0.1) is 0 Å². The first-order valence-electron chi connectivity index (χ1n) is 9.02. The Morgan fingerprint density at radius 2 is 2.12 bits per heavy atom. The van der Waals surface area contributed by atoms with Gasteiger partial charge in [0.25, 0.3) is 0 Å². The standard InChI is InChI=1S/C18H30N6O/c1-18(2,3)24-15(25)8-12(16(24)13-10-21-22(4)11-13)9-20-17(19)23(5)14-6-7-14/h10-12,14,16H,6-9H2,1-5H3,(H2,19,20)/t12-,16+/m0/s1. The van der Waals surface area contributed by atoms with Crippen LogP contribution in [0, 0.1) is 5.92 Å². The molecule has 1 amide bonds. The molecule has 7 heteroatoms. The molecule has 1 aromatic rings. The first-order valence-corrected chi connectivity index (χ1v) is 9.02. The van der Waals surface area contributed by atoms with Crippen LogP contribution in [0.2, 0.25) is 0 Å². The monoisotopic (exact) mass is 346 g/mol. The molecule has 7 nitrogen and oxygen atoms in total. The number of rotatable bonds is 4. The number of hydrogen-bond acceptors (Lipinski definition) is 3. The lowest BCUT2D eigenvalue weighted by Gasteiger charge is -2.38. The van der Waals surface area contributed by atoms with Crippen molar-refractivity contribution in [2.24, 2.45) is 23.7 Å². The van der Waals surface area contributed by atoms with Gasteiger partial charge in [-0.05, 0) is 33.6 Å². The van der Waals surface area contributed by atoms with Crippen LogP contribution in [-0.4, -0.2) is 56.6 Å². The highest BCUT2D eigenvalue weighted by molar-refractivity contribution is 5.81. The summed E-state index contributed by atoms with van der Waals surface area (Å²) in [7, 11) is 3.90. The minimum Gasteiger partial charge on any atom is -0.370 e. The van der Waals surface area contributed by atoms with Crippen molar-refractivity contribution in [1.29, 1.82) is 0 Å². The molecule has 1 aliphatic heterocycles. The van der Waals surface area contributed by atoms with Gasteiger partial charge in [0.2, 0.25) is 5.91 Å². The summed E-state index contributed by atoms with van der Waals surface area (Å²) in [6, 6.07) is 0.526. The van der Waals surface area contributed by atoms with Gasteiger partial charge in [-0.2, -0.15) is 5.10 Å². The van der Waals surface area contributed by atoms with Crippen molar-refractivity contribution in [3.05, 3.63) is 18.0 Å². The van der Waals surface area contributed by atoms with E-state index in [0.717, 1.165) is 5.56 Å². The lowest BCUT2D eigenvalue weighted by molar-refractivity contribution is -0.133. The highest BCUT2D eigenvalue weighted by Crippen LogP contribution is 2.42. The second kappa shape index (κ2) is 6.35. The average Bonchev–Trinajstić information content (AvgIpc) is 3.19. The smallest absolute Gasteiger partial charge is 0.223 e. The van der Waals surface area contributed by atoms with Crippen LogP contribution in [0.15, 0.2) is 17.4 Å². The summed E-state index contributed by atoms with van der Waals surface area (Å²) in [4.78, 5) is 21.4. The van der Waals surface area contributed by atoms with Gasteiger partial charge in [0.1, 0.15) is 0 Å². The molecule has 0 bridgehead atoms. The van der Waals surface area contributed by atoms with Crippen LogP contribution < -0.4 is 5.73 Å². The Balaban J connectivity index is 1.83. The van der Waals surface area contributed by atoms with Gasteiger partial charge in [-0.25, -0.2) is 0 Å². The van der Waals surface area contributed by atoms with Gasteiger partial charge in [0, 0.05) is 56.3 Å². The number of likely N-dealkylation sites (tertiary alicyclic amines) is 1. The van der Waals surface area contributed by atoms with E-state index in [2.05, 4.69) is 35.8 Å². The normalized spacial score (nSPS) is 24.9. The predicted molar refractivity (Wildman–Crippen MR) is 97.9 cm³/mol. The van der Waals surface area contributed by atoms with Crippen LogP contribution in [0.1, 0.15) is 51.6 Å². The summed E-state index contributed by atoms with van der Waals surface area (Å²) in [6.07, 6.45) is 6.73. The van der Waals surface area contributed by atoms with Crippen LogP contribution in [0.4, 0.5) is 0 Å². The van der Waals surface area contributed by atoms with Crippen molar-refractivity contribution in [2.45, 2.75) is 57.7 Å². The van der Waals surface area contributed by atoms with E-state index in [1.54, 1.807) is 4.68 Å². The van der Waals surface area contributed by atoms with E-state index in [1.807, 2.05) is 31.4 Å². The van der Waals surface area contributed by atoms with E-state index in [4.69, 9.17) is 5.73 Å². The second-order valence-electron chi connectivity index (χ2n) is 8.33. The molecular weight excluding hydrogens is 316 g/mol. The molecule has 2 aliphatic rings. The zero-order valence-electron chi connectivity index (χ0n) is 15.9. The van der Waals surface area contributed by atoms with E-state index in [1.165, 1.54) is 12.8 Å². The molecule has 2 heterocycles. The third kappa shape index (κ3) is 3.65. The second-order valence-corrected chi connectivity index (χ2v) is 8.33. The molecule has 1 saturated heterocycles. The van der Waals surface area contributed by atoms with Gasteiger partial charge in [-0.3, -0.25) is 14.5 Å². The van der Waals surface area contributed by atoms with E-state index in [9.17, 15) is 4.79 Å². The molecule has 1 aromatic heterocycles. The molecule has 1 saturated carbocycles. The van der Waals surface area contributed by atoms with Gasteiger partial charge < -0.3 is 15.5 Å². The summed E-state index contributed by atoms with van der Waals surface area (Å²) in [5.41, 5.74) is 6.96. The molecule has 0 spiro atoms. The topological polar surface area (TPSA) is 79.8 Å². The molecule has 138 valence electrons. The Morgan fingerprint density at radius 1 is 1.44 bits per heavy atom. The van der Waals surface area contributed by atoms with Gasteiger partial charge in [0.15, 0.2) is 5.96 Å². The number of aromatic nitrogens is 2. The molecule has 2 atom stereocenters. The fourth-order valence-electron chi connectivity index (χ4n) is 3.74. The van der Waals surface area contributed by atoms with Crippen molar-refractivity contribution >= 4 is 11.9 Å². The quantitative estimate of drug-likeness (QED) is 0.662. The Bertz CT molecular complexity index is 669. The van der Waals surface area contributed by atoms with E-state index < -0.39 is 0 Å². The predicted octanol–water partition coefficient (Wildman–Crippen LogP) is 1.52. The number of carbonyl (C=O) groups excluding carboxylic acids is 1. The number of nitrogens with zero attached hydrogens (tertiary/aromatic N) is 5. The zero-order valence-corrected chi connectivity index (χ0v) is 15.9. The average molecular weight is 346 g/mol. The molecule has 0 unspecified atom stereocenters. The third-order valence-electron chi connectivity index (χ3n) is 5.16.